The van der Waals surface area contributed by atoms with Crippen molar-refractivity contribution in [2.45, 2.75) is 30.8 Å². The number of carbonyl (C=O) groups excluding carboxylic acids is 1. The molecule has 6 heteroatoms. The molecule has 1 aromatic rings. The first-order valence-electron chi connectivity index (χ1n) is 4.50. The fourth-order valence-electron chi connectivity index (χ4n) is 0.936. The van der Waals surface area contributed by atoms with E-state index in [9.17, 15) is 4.79 Å². The molecule has 0 aliphatic rings. The Kier molecular flexibility index (Phi) is 3.95. The predicted octanol–water partition coefficient (Wildman–Crippen LogP) is 2.69. The molecule has 0 aliphatic carbocycles. The molecule has 1 rings (SSSR count). The van der Waals surface area contributed by atoms with Gasteiger partial charge in [-0.2, -0.15) is 5.10 Å². The van der Waals surface area contributed by atoms with Crippen molar-refractivity contribution in [3.05, 3.63) is 11.9 Å². The smallest absolute Gasteiger partial charge is 0.412 e. The van der Waals surface area contributed by atoms with E-state index in [1.807, 2.05) is 20.8 Å². The van der Waals surface area contributed by atoms with E-state index in [4.69, 9.17) is 4.74 Å². The van der Waals surface area contributed by atoms with Crippen molar-refractivity contribution in [3.8, 4) is 0 Å². The van der Waals surface area contributed by atoms with Crippen molar-refractivity contribution in [2.24, 2.45) is 0 Å². The average molecular weight is 323 g/mol. The number of aromatic nitrogens is 2. The number of nitrogens with zero attached hydrogens (tertiary/aromatic N) is 1. The fraction of sp³-hybridized carbons (Fsp3) is 0.556. The Hall–Kier alpha value is -0.790. The number of hydrogen-bond acceptors (Lipinski definition) is 3. The summed E-state index contributed by atoms with van der Waals surface area (Å²) in [5.41, 5.74) is 1.05. The van der Waals surface area contributed by atoms with Gasteiger partial charge in [0.05, 0.1) is 17.6 Å². The van der Waals surface area contributed by atoms with Gasteiger partial charge in [0.25, 0.3) is 0 Å². The van der Waals surface area contributed by atoms with Crippen molar-refractivity contribution in [1.29, 1.82) is 0 Å². The topological polar surface area (TPSA) is 67.0 Å². The van der Waals surface area contributed by atoms with Gasteiger partial charge in [0, 0.05) is 4.43 Å². The minimum atomic E-state index is -0.488. The van der Waals surface area contributed by atoms with Gasteiger partial charge < -0.3 is 4.74 Å². The van der Waals surface area contributed by atoms with E-state index in [0.29, 0.717) is 5.69 Å². The third-order valence-electron chi connectivity index (χ3n) is 1.49. The number of halogens is 1. The minimum Gasteiger partial charge on any atom is -0.444 e. The molecule has 0 radical (unpaired) electrons. The molecule has 5 nitrogen and oxygen atoms in total. The molecule has 2 N–H and O–H groups in total. The fourth-order valence-corrected chi connectivity index (χ4v) is 1.52. The molecule has 0 unspecified atom stereocenters. The molecule has 0 fully saturated rings. The Balaban J connectivity index is 2.59. The highest BCUT2D eigenvalue weighted by atomic mass is 127. The number of alkyl halides is 1. The number of amides is 1. The number of ether oxygens (including phenoxy) is 1. The summed E-state index contributed by atoms with van der Waals surface area (Å²) < 4.78 is 5.87. The highest BCUT2D eigenvalue weighted by Crippen LogP contribution is 2.16. The molecule has 0 saturated heterocycles. The molecule has 0 aliphatic heterocycles. The van der Waals surface area contributed by atoms with Crippen LogP contribution in [0.25, 0.3) is 0 Å². The van der Waals surface area contributed by atoms with Gasteiger partial charge in [0.2, 0.25) is 0 Å². The minimum absolute atomic E-state index is 0.463. The zero-order valence-corrected chi connectivity index (χ0v) is 11.1. The number of aromatic amines is 1. The highest BCUT2D eigenvalue weighted by molar-refractivity contribution is 14.1. The SMILES string of the molecule is CC(C)(C)OC(=O)Nc1cn[nH]c1CI. The van der Waals surface area contributed by atoms with Crippen LogP contribution in [0.3, 0.4) is 0 Å². The molecule has 84 valence electrons. The molecule has 15 heavy (non-hydrogen) atoms. The Labute approximate surface area is 102 Å². The van der Waals surface area contributed by atoms with E-state index in [2.05, 4.69) is 38.1 Å². The second kappa shape index (κ2) is 4.82. The van der Waals surface area contributed by atoms with Crippen molar-refractivity contribution < 1.29 is 9.53 Å². The summed E-state index contributed by atoms with van der Waals surface area (Å²) >= 11 is 2.19. The third kappa shape index (κ3) is 4.06. The van der Waals surface area contributed by atoms with Crippen LogP contribution in [0.1, 0.15) is 26.5 Å². The van der Waals surface area contributed by atoms with E-state index in [0.717, 1.165) is 10.1 Å². The monoisotopic (exact) mass is 323 g/mol. The van der Waals surface area contributed by atoms with E-state index in [-0.39, 0.29) is 0 Å². The molecular weight excluding hydrogens is 309 g/mol. The van der Waals surface area contributed by atoms with Gasteiger partial charge in [-0.3, -0.25) is 10.4 Å². The maximum atomic E-state index is 11.4. The highest BCUT2D eigenvalue weighted by Gasteiger charge is 2.17. The van der Waals surface area contributed by atoms with Gasteiger partial charge in [-0.15, -0.1) is 0 Å². The zero-order chi connectivity index (χ0) is 11.5. The first kappa shape index (κ1) is 12.3. The summed E-state index contributed by atoms with van der Waals surface area (Å²) in [7, 11) is 0. The van der Waals surface area contributed by atoms with Crippen molar-refractivity contribution in [2.75, 3.05) is 5.32 Å². The third-order valence-corrected chi connectivity index (χ3v) is 2.25. The Morgan fingerprint density at radius 3 is 2.87 bits per heavy atom. The lowest BCUT2D eigenvalue weighted by Crippen LogP contribution is -2.27. The molecule has 0 saturated carbocycles. The van der Waals surface area contributed by atoms with Crippen LogP contribution in [0.4, 0.5) is 10.5 Å². The maximum Gasteiger partial charge on any atom is 0.412 e. The lowest BCUT2D eigenvalue weighted by molar-refractivity contribution is 0.0636. The molecule has 1 aromatic heterocycles. The number of carbonyl (C=O) groups is 1. The number of anilines is 1. The van der Waals surface area contributed by atoms with E-state index in [1.54, 1.807) is 6.20 Å². The van der Waals surface area contributed by atoms with E-state index in [1.165, 1.54) is 0 Å². The Morgan fingerprint density at radius 2 is 2.33 bits per heavy atom. The lowest BCUT2D eigenvalue weighted by atomic mass is 10.2. The molecule has 1 amide bonds. The summed E-state index contributed by atoms with van der Waals surface area (Å²) in [6.45, 7) is 5.46. The van der Waals surface area contributed by atoms with Crippen LogP contribution in [0.5, 0.6) is 0 Å². The number of rotatable bonds is 2. The van der Waals surface area contributed by atoms with Crippen molar-refractivity contribution in [1.82, 2.24) is 10.2 Å². The molecule has 0 aromatic carbocycles. The average Bonchev–Trinajstić information content (AvgIpc) is 2.48. The Bertz CT molecular complexity index is 343. The van der Waals surface area contributed by atoms with Gasteiger partial charge >= 0.3 is 6.09 Å². The van der Waals surface area contributed by atoms with Gasteiger partial charge in [0.1, 0.15) is 5.60 Å². The van der Waals surface area contributed by atoms with Gasteiger partial charge in [-0.05, 0) is 20.8 Å². The van der Waals surface area contributed by atoms with Crippen molar-refractivity contribution in [3.63, 3.8) is 0 Å². The van der Waals surface area contributed by atoms with E-state index < -0.39 is 11.7 Å². The predicted molar refractivity (Wildman–Crippen MR) is 66.2 cm³/mol. The summed E-state index contributed by atoms with van der Waals surface area (Å²) in [5, 5.41) is 9.28. The van der Waals surface area contributed by atoms with Crippen LogP contribution >= 0.6 is 22.6 Å². The van der Waals surface area contributed by atoms with Crippen LogP contribution in [-0.2, 0) is 9.16 Å². The summed E-state index contributed by atoms with van der Waals surface area (Å²) in [5.74, 6) is 0. The van der Waals surface area contributed by atoms with Crippen LogP contribution < -0.4 is 5.32 Å². The number of H-pyrrole nitrogens is 1. The first-order valence-corrected chi connectivity index (χ1v) is 6.03. The van der Waals surface area contributed by atoms with Crippen LogP contribution in [0.15, 0.2) is 6.20 Å². The molecule has 0 bridgehead atoms. The number of hydrogen-bond donors (Lipinski definition) is 2. The van der Waals surface area contributed by atoms with Gasteiger partial charge in [-0.1, -0.05) is 22.6 Å². The maximum absolute atomic E-state index is 11.4. The van der Waals surface area contributed by atoms with Crippen LogP contribution in [-0.4, -0.2) is 21.9 Å². The molecule has 0 spiro atoms. The Morgan fingerprint density at radius 1 is 1.67 bits per heavy atom. The lowest BCUT2D eigenvalue weighted by Gasteiger charge is -2.19. The zero-order valence-electron chi connectivity index (χ0n) is 8.93. The summed E-state index contributed by atoms with van der Waals surface area (Å²) in [6.07, 6.45) is 1.10. The molecule has 0 atom stereocenters. The quantitative estimate of drug-likeness (QED) is 0.649. The van der Waals surface area contributed by atoms with Crippen molar-refractivity contribution >= 4 is 34.4 Å². The standard InChI is InChI=1S/C9H14IN3O2/c1-9(2,3)15-8(14)12-7-5-11-13-6(7)4-10/h5H,4H2,1-3H3,(H,11,13)(H,12,14). The van der Waals surface area contributed by atoms with E-state index >= 15 is 0 Å². The second-order valence-corrected chi connectivity index (χ2v) is 4.79. The molecular formula is C9H14IN3O2. The van der Waals surface area contributed by atoms with Crippen LogP contribution in [0, 0.1) is 0 Å². The molecule has 1 heterocycles. The summed E-state index contributed by atoms with van der Waals surface area (Å²) in [4.78, 5) is 11.4. The normalized spacial score (nSPS) is 11.2. The van der Waals surface area contributed by atoms with Crippen LogP contribution in [0.2, 0.25) is 0 Å². The first-order chi connectivity index (χ1) is 6.92. The summed E-state index contributed by atoms with van der Waals surface area (Å²) in [6, 6.07) is 0. The van der Waals surface area contributed by atoms with Gasteiger partial charge in [0.15, 0.2) is 0 Å². The second-order valence-electron chi connectivity index (χ2n) is 4.02. The largest absolute Gasteiger partial charge is 0.444 e. The van der Waals surface area contributed by atoms with Gasteiger partial charge in [-0.25, -0.2) is 4.79 Å². The number of nitrogens with one attached hydrogen (secondary N) is 2.